The number of halogens is 2. The first-order valence-electron chi connectivity index (χ1n) is 5.90. The fourth-order valence-electron chi connectivity index (χ4n) is 1.77. The summed E-state index contributed by atoms with van der Waals surface area (Å²) in [5.41, 5.74) is -0.274. The normalized spacial score (nSPS) is 10.5. The molecular weight excluding hydrogens is 300 g/mol. The van der Waals surface area contributed by atoms with Crippen LogP contribution in [0.5, 0.6) is 0 Å². The lowest BCUT2D eigenvalue weighted by atomic mass is 10.1. The molecule has 0 atom stereocenters. The van der Waals surface area contributed by atoms with E-state index in [1.807, 2.05) is 0 Å². The Hall–Kier alpha value is -2.28. The van der Waals surface area contributed by atoms with Gasteiger partial charge in [0.2, 0.25) is 0 Å². The summed E-state index contributed by atoms with van der Waals surface area (Å²) in [6, 6.07) is 3.12. The molecule has 0 aliphatic heterocycles. The smallest absolute Gasteiger partial charge is 0.338 e. The summed E-state index contributed by atoms with van der Waals surface area (Å²) >= 11 is 1.07. The molecule has 0 saturated heterocycles. The topological polar surface area (TPSA) is 66.4 Å². The summed E-state index contributed by atoms with van der Waals surface area (Å²) in [5.74, 6) is -3.76. The first-order valence-corrected chi connectivity index (χ1v) is 6.72. The number of nitrogens with one attached hydrogen (secondary N) is 1. The number of carboxylic acids is 1. The van der Waals surface area contributed by atoms with Crippen LogP contribution >= 0.6 is 11.3 Å². The van der Waals surface area contributed by atoms with E-state index in [0.29, 0.717) is 10.9 Å². The minimum atomic E-state index is -1.19. The second-order valence-electron chi connectivity index (χ2n) is 4.44. The second-order valence-corrected chi connectivity index (χ2v) is 5.70. The van der Waals surface area contributed by atoms with Crippen LogP contribution in [0.4, 0.5) is 13.8 Å². The van der Waals surface area contributed by atoms with E-state index in [2.05, 4.69) is 5.32 Å². The van der Waals surface area contributed by atoms with Crippen molar-refractivity contribution in [2.45, 2.75) is 13.8 Å². The lowest BCUT2D eigenvalue weighted by molar-refractivity contribution is 0.0698. The maximum absolute atomic E-state index is 13.6. The van der Waals surface area contributed by atoms with E-state index in [-0.39, 0.29) is 21.7 Å². The number of benzene rings is 1. The molecule has 21 heavy (non-hydrogen) atoms. The Bertz CT molecular complexity index is 740. The number of thiophene rings is 1. The van der Waals surface area contributed by atoms with E-state index in [9.17, 15) is 18.4 Å². The van der Waals surface area contributed by atoms with Gasteiger partial charge in [-0.2, -0.15) is 0 Å². The molecule has 4 nitrogen and oxygen atoms in total. The molecule has 0 bridgehead atoms. The van der Waals surface area contributed by atoms with Crippen LogP contribution in [-0.2, 0) is 0 Å². The Labute approximate surface area is 123 Å². The Kier molecular flexibility index (Phi) is 4.04. The number of carbonyl (C=O) groups is 2. The van der Waals surface area contributed by atoms with Crippen LogP contribution < -0.4 is 5.32 Å². The molecule has 0 radical (unpaired) electrons. The quantitative estimate of drug-likeness (QED) is 0.910. The van der Waals surface area contributed by atoms with Crippen molar-refractivity contribution in [1.29, 1.82) is 0 Å². The van der Waals surface area contributed by atoms with Crippen molar-refractivity contribution < 1.29 is 23.5 Å². The third-order valence-electron chi connectivity index (χ3n) is 2.81. The van der Waals surface area contributed by atoms with Crippen LogP contribution in [0.3, 0.4) is 0 Å². The molecule has 1 aromatic heterocycles. The number of aryl methyl sites for hydroxylation is 2. The number of rotatable bonds is 3. The maximum atomic E-state index is 13.6. The number of carbonyl (C=O) groups excluding carboxylic acids is 1. The molecule has 2 aromatic rings. The lowest BCUT2D eigenvalue weighted by Gasteiger charge is -2.07. The molecule has 0 unspecified atom stereocenters. The van der Waals surface area contributed by atoms with Gasteiger partial charge in [0, 0.05) is 10.9 Å². The van der Waals surface area contributed by atoms with E-state index in [1.54, 1.807) is 6.92 Å². The van der Waals surface area contributed by atoms with Gasteiger partial charge < -0.3 is 10.4 Å². The zero-order chi connectivity index (χ0) is 15.7. The molecule has 0 aliphatic carbocycles. The van der Waals surface area contributed by atoms with Crippen LogP contribution in [0, 0.1) is 25.5 Å². The van der Waals surface area contributed by atoms with Gasteiger partial charge in [-0.15, -0.1) is 11.3 Å². The monoisotopic (exact) mass is 311 g/mol. The van der Waals surface area contributed by atoms with Gasteiger partial charge in [-0.25, -0.2) is 13.6 Å². The zero-order valence-corrected chi connectivity index (χ0v) is 12.0. The highest BCUT2D eigenvalue weighted by molar-refractivity contribution is 7.16. The molecule has 0 fully saturated rings. The summed E-state index contributed by atoms with van der Waals surface area (Å²) in [6.45, 7) is 3.10. The van der Waals surface area contributed by atoms with Crippen LogP contribution in [-0.4, -0.2) is 17.0 Å². The highest BCUT2D eigenvalue weighted by Crippen LogP contribution is 2.28. The minimum absolute atomic E-state index is 0.0647. The second kappa shape index (κ2) is 5.61. The van der Waals surface area contributed by atoms with E-state index in [4.69, 9.17) is 5.11 Å². The van der Waals surface area contributed by atoms with Gasteiger partial charge in [0.05, 0.1) is 11.1 Å². The van der Waals surface area contributed by atoms with Gasteiger partial charge >= 0.3 is 5.97 Å². The van der Waals surface area contributed by atoms with Gasteiger partial charge in [-0.05, 0) is 31.5 Å². The number of hydrogen-bond donors (Lipinski definition) is 2. The molecule has 0 saturated carbocycles. The predicted molar refractivity (Wildman–Crippen MR) is 75.1 cm³/mol. The van der Waals surface area contributed by atoms with Crippen molar-refractivity contribution in [3.8, 4) is 0 Å². The molecule has 110 valence electrons. The van der Waals surface area contributed by atoms with Crippen LogP contribution in [0.1, 0.15) is 31.2 Å². The standard InChI is InChI=1S/C14H11F2NO3S/c1-6-3-8(11(16)5-10(6)15)12(18)17-13-9(14(19)20)4-7(2)21-13/h3-5H,1-2H3,(H,17,18)(H,19,20). The number of amides is 1. The van der Waals surface area contributed by atoms with Crippen LogP contribution in [0.15, 0.2) is 18.2 Å². The third kappa shape index (κ3) is 3.08. The van der Waals surface area contributed by atoms with Crippen molar-refractivity contribution in [1.82, 2.24) is 0 Å². The molecule has 0 spiro atoms. The molecule has 2 rings (SSSR count). The fourth-order valence-corrected chi connectivity index (χ4v) is 2.67. The SMILES string of the molecule is Cc1cc(C(=O)O)c(NC(=O)c2cc(C)c(F)cc2F)s1. The van der Waals surface area contributed by atoms with Crippen LogP contribution in [0.2, 0.25) is 0 Å². The molecule has 0 aliphatic rings. The average Bonchev–Trinajstić information content (AvgIpc) is 2.74. The third-order valence-corrected chi connectivity index (χ3v) is 3.77. The van der Waals surface area contributed by atoms with Gasteiger partial charge in [0.25, 0.3) is 5.91 Å². The van der Waals surface area contributed by atoms with E-state index in [0.717, 1.165) is 17.4 Å². The summed E-state index contributed by atoms with van der Waals surface area (Å²) in [7, 11) is 0. The molecule has 1 amide bonds. The number of aromatic carboxylic acids is 1. The maximum Gasteiger partial charge on any atom is 0.338 e. The Balaban J connectivity index is 2.35. The van der Waals surface area contributed by atoms with Crippen molar-refractivity contribution in [3.63, 3.8) is 0 Å². The van der Waals surface area contributed by atoms with Crippen LogP contribution in [0.25, 0.3) is 0 Å². The van der Waals surface area contributed by atoms with Crippen molar-refractivity contribution >= 4 is 28.2 Å². The highest BCUT2D eigenvalue weighted by atomic mass is 32.1. The summed E-state index contributed by atoms with van der Waals surface area (Å²) in [6.07, 6.45) is 0. The molecule has 7 heteroatoms. The van der Waals surface area contributed by atoms with Gasteiger partial charge in [-0.3, -0.25) is 4.79 Å². The summed E-state index contributed by atoms with van der Waals surface area (Å²) in [4.78, 5) is 23.8. The van der Waals surface area contributed by atoms with Gasteiger partial charge in [0.15, 0.2) is 0 Å². The van der Waals surface area contributed by atoms with E-state index in [1.165, 1.54) is 13.0 Å². The first kappa shape index (κ1) is 15.1. The Morgan fingerprint density at radius 3 is 2.38 bits per heavy atom. The fraction of sp³-hybridized carbons (Fsp3) is 0.143. The Morgan fingerprint density at radius 2 is 1.76 bits per heavy atom. The number of carboxylic acid groups (broad SMARTS) is 1. The lowest BCUT2D eigenvalue weighted by Crippen LogP contribution is -2.15. The highest BCUT2D eigenvalue weighted by Gasteiger charge is 2.19. The zero-order valence-electron chi connectivity index (χ0n) is 11.2. The van der Waals surface area contributed by atoms with E-state index >= 15 is 0 Å². The number of anilines is 1. The Morgan fingerprint density at radius 1 is 1.10 bits per heavy atom. The van der Waals surface area contributed by atoms with E-state index < -0.39 is 23.5 Å². The number of hydrogen-bond acceptors (Lipinski definition) is 3. The van der Waals surface area contributed by atoms with Gasteiger partial charge in [0.1, 0.15) is 16.6 Å². The predicted octanol–water partition coefficient (Wildman–Crippen LogP) is 3.59. The molecule has 1 aromatic carbocycles. The van der Waals surface area contributed by atoms with Crippen molar-refractivity contribution in [3.05, 3.63) is 51.4 Å². The molecule has 2 N–H and O–H groups in total. The average molecular weight is 311 g/mol. The molecule has 1 heterocycles. The van der Waals surface area contributed by atoms with Crippen molar-refractivity contribution in [2.75, 3.05) is 5.32 Å². The largest absolute Gasteiger partial charge is 0.478 e. The summed E-state index contributed by atoms with van der Waals surface area (Å²) in [5, 5.41) is 11.5. The first-order chi connectivity index (χ1) is 9.79. The van der Waals surface area contributed by atoms with Gasteiger partial charge in [-0.1, -0.05) is 0 Å². The minimum Gasteiger partial charge on any atom is -0.478 e. The summed E-state index contributed by atoms with van der Waals surface area (Å²) < 4.78 is 26.8. The molecular formula is C14H11F2NO3S. The van der Waals surface area contributed by atoms with Crippen molar-refractivity contribution in [2.24, 2.45) is 0 Å².